The molecule has 6 nitrogen and oxygen atoms in total. The van der Waals surface area contributed by atoms with Gasteiger partial charge in [0.05, 0.1) is 13.0 Å². The third-order valence-electron chi connectivity index (χ3n) is 5.80. The number of hydrogen-bond donors (Lipinski definition) is 2. The third kappa shape index (κ3) is 6.00. The summed E-state index contributed by atoms with van der Waals surface area (Å²) >= 11 is 0. The SMILES string of the molecule is CCOC(=O)C[C@H](N)c1cc(-c2c(C)cccc2Cc2cccc(C(=O)C(=O)O)c2)cc(C)c1F. The summed E-state index contributed by atoms with van der Waals surface area (Å²) in [4.78, 5) is 34.9. The lowest BCUT2D eigenvalue weighted by molar-refractivity contribution is -0.143. The van der Waals surface area contributed by atoms with Crippen molar-refractivity contribution in [3.63, 3.8) is 0 Å². The first-order chi connectivity index (χ1) is 16.6. The van der Waals surface area contributed by atoms with E-state index in [4.69, 9.17) is 15.6 Å². The number of Topliss-reactive ketones (excluding diaryl/α,β-unsaturated/α-hetero) is 1. The summed E-state index contributed by atoms with van der Waals surface area (Å²) in [6.07, 6.45) is 0.289. The van der Waals surface area contributed by atoms with Crippen molar-refractivity contribution in [2.24, 2.45) is 5.73 Å². The second-order valence-electron chi connectivity index (χ2n) is 8.43. The van der Waals surface area contributed by atoms with E-state index < -0.39 is 29.6 Å². The number of benzene rings is 3. The molecular weight excluding hydrogens is 449 g/mol. The Kier molecular flexibility index (Phi) is 8.14. The number of carboxylic acids is 1. The van der Waals surface area contributed by atoms with Crippen LogP contribution >= 0.6 is 0 Å². The Bertz CT molecular complexity index is 1280. The molecule has 3 rings (SSSR count). The number of nitrogens with two attached hydrogens (primary N) is 1. The zero-order chi connectivity index (χ0) is 25.7. The molecule has 0 unspecified atom stereocenters. The van der Waals surface area contributed by atoms with E-state index in [0.717, 1.165) is 27.8 Å². The molecule has 0 fully saturated rings. The Morgan fingerprint density at radius 3 is 2.43 bits per heavy atom. The summed E-state index contributed by atoms with van der Waals surface area (Å²) < 4.78 is 20.0. The van der Waals surface area contributed by atoms with E-state index in [2.05, 4.69) is 0 Å². The summed E-state index contributed by atoms with van der Waals surface area (Å²) in [5.41, 5.74) is 11.2. The molecule has 0 bridgehead atoms. The monoisotopic (exact) mass is 477 g/mol. The fraction of sp³-hybridized carbons (Fsp3) is 0.250. The van der Waals surface area contributed by atoms with Crippen LogP contribution in [0.25, 0.3) is 11.1 Å². The van der Waals surface area contributed by atoms with Crippen molar-refractivity contribution in [3.8, 4) is 11.1 Å². The van der Waals surface area contributed by atoms with Gasteiger partial charge in [-0.2, -0.15) is 0 Å². The molecule has 7 heteroatoms. The minimum absolute atomic E-state index is 0.106. The Morgan fingerprint density at radius 1 is 1.03 bits per heavy atom. The highest BCUT2D eigenvalue weighted by Crippen LogP contribution is 2.34. The lowest BCUT2D eigenvalue weighted by Crippen LogP contribution is -2.19. The molecule has 0 heterocycles. The standard InChI is InChI=1S/C28H28FNO5/c1-4-35-24(31)15-23(30)22-14-21(11-17(3)26(22)29)25-16(2)7-5-9-19(25)12-18-8-6-10-20(13-18)27(32)28(33)34/h5-11,13-14,23H,4,12,15,30H2,1-3H3,(H,33,34)/t23-/m0/s1. The number of esters is 1. The highest BCUT2D eigenvalue weighted by Gasteiger charge is 2.21. The number of rotatable bonds is 9. The van der Waals surface area contributed by atoms with Gasteiger partial charge in [0.2, 0.25) is 0 Å². The third-order valence-corrected chi connectivity index (χ3v) is 5.80. The van der Waals surface area contributed by atoms with Gasteiger partial charge in [-0.1, -0.05) is 36.4 Å². The van der Waals surface area contributed by atoms with Gasteiger partial charge in [-0.15, -0.1) is 0 Å². The largest absolute Gasteiger partial charge is 0.475 e. The predicted octanol–water partition coefficient (Wildman–Crippen LogP) is 4.92. The van der Waals surface area contributed by atoms with E-state index in [-0.39, 0.29) is 24.2 Å². The van der Waals surface area contributed by atoms with Crippen LogP contribution in [0.15, 0.2) is 54.6 Å². The number of halogens is 1. The minimum atomic E-state index is -1.51. The van der Waals surface area contributed by atoms with Gasteiger partial charge in [-0.3, -0.25) is 9.59 Å². The molecule has 0 spiro atoms. The topological polar surface area (TPSA) is 107 Å². The van der Waals surface area contributed by atoms with Crippen LogP contribution in [-0.4, -0.2) is 29.4 Å². The molecule has 1 atom stereocenters. The van der Waals surface area contributed by atoms with E-state index >= 15 is 4.39 Å². The first kappa shape index (κ1) is 25.8. The van der Waals surface area contributed by atoms with E-state index in [1.807, 2.05) is 31.2 Å². The Hall–Kier alpha value is -3.84. The van der Waals surface area contributed by atoms with Crippen LogP contribution in [0.1, 0.15) is 57.6 Å². The van der Waals surface area contributed by atoms with Crippen molar-refractivity contribution in [1.82, 2.24) is 0 Å². The van der Waals surface area contributed by atoms with Crippen LogP contribution in [0.2, 0.25) is 0 Å². The van der Waals surface area contributed by atoms with Crippen LogP contribution in [0.5, 0.6) is 0 Å². The first-order valence-corrected chi connectivity index (χ1v) is 11.3. The molecule has 0 radical (unpaired) electrons. The summed E-state index contributed by atoms with van der Waals surface area (Å²) in [6.45, 7) is 5.51. The maximum Gasteiger partial charge on any atom is 0.377 e. The highest BCUT2D eigenvalue weighted by molar-refractivity contribution is 6.39. The summed E-state index contributed by atoms with van der Waals surface area (Å²) in [5, 5.41) is 9.03. The van der Waals surface area contributed by atoms with Gasteiger partial charge in [0.1, 0.15) is 5.82 Å². The molecule has 3 N–H and O–H groups in total. The van der Waals surface area contributed by atoms with Gasteiger partial charge in [-0.25, -0.2) is 9.18 Å². The molecular formula is C28H28FNO5. The smallest absolute Gasteiger partial charge is 0.377 e. The number of ether oxygens (including phenoxy) is 1. The fourth-order valence-corrected chi connectivity index (χ4v) is 4.18. The quantitative estimate of drug-likeness (QED) is 0.257. The fourth-order valence-electron chi connectivity index (χ4n) is 4.18. The number of hydrogen-bond acceptors (Lipinski definition) is 5. The molecule has 182 valence electrons. The van der Waals surface area contributed by atoms with Crippen LogP contribution in [0.3, 0.4) is 0 Å². The normalized spacial score (nSPS) is 11.7. The Morgan fingerprint density at radius 2 is 1.74 bits per heavy atom. The Labute approximate surface area is 203 Å². The number of aryl methyl sites for hydroxylation is 2. The Balaban J connectivity index is 2.04. The van der Waals surface area contributed by atoms with Crippen molar-refractivity contribution in [2.75, 3.05) is 6.61 Å². The average Bonchev–Trinajstić information content (AvgIpc) is 2.80. The molecule has 3 aromatic carbocycles. The van der Waals surface area contributed by atoms with E-state index in [1.165, 1.54) is 6.07 Å². The predicted molar refractivity (Wildman–Crippen MR) is 131 cm³/mol. The van der Waals surface area contributed by atoms with Crippen LogP contribution < -0.4 is 5.73 Å². The van der Waals surface area contributed by atoms with Crippen molar-refractivity contribution < 1.29 is 28.6 Å². The van der Waals surface area contributed by atoms with Crippen molar-refractivity contribution in [3.05, 3.63) is 93.8 Å². The van der Waals surface area contributed by atoms with Gasteiger partial charge in [-0.05, 0) is 78.8 Å². The van der Waals surface area contributed by atoms with Crippen LogP contribution in [-0.2, 0) is 20.7 Å². The lowest BCUT2D eigenvalue weighted by atomic mass is 9.88. The molecule has 0 aliphatic carbocycles. The highest BCUT2D eigenvalue weighted by atomic mass is 19.1. The molecule has 35 heavy (non-hydrogen) atoms. The van der Waals surface area contributed by atoms with E-state index in [1.54, 1.807) is 38.1 Å². The maximum absolute atomic E-state index is 15.0. The number of carbonyl (C=O) groups excluding carboxylic acids is 2. The van der Waals surface area contributed by atoms with Crippen molar-refractivity contribution in [1.29, 1.82) is 0 Å². The number of ketones is 1. The molecule has 0 amide bonds. The summed E-state index contributed by atoms with van der Waals surface area (Å²) in [7, 11) is 0. The minimum Gasteiger partial charge on any atom is -0.475 e. The number of carboxylic acid groups (broad SMARTS) is 1. The number of aliphatic carboxylic acids is 1. The molecule has 0 aliphatic heterocycles. The van der Waals surface area contributed by atoms with E-state index in [9.17, 15) is 14.4 Å². The second-order valence-corrected chi connectivity index (χ2v) is 8.43. The van der Waals surface area contributed by atoms with Crippen LogP contribution in [0.4, 0.5) is 4.39 Å². The zero-order valence-corrected chi connectivity index (χ0v) is 19.9. The second kappa shape index (κ2) is 11.1. The molecule has 3 aromatic rings. The zero-order valence-electron chi connectivity index (χ0n) is 19.9. The lowest BCUT2D eigenvalue weighted by Gasteiger charge is -2.19. The van der Waals surface area contributed by atoms with Crippen LogP contribution in [0, 0.1) is 19.7 Å². The van der Waals surface area contributed by atoms with E-state index in [0.29, 0.717) is 12.0 Å². The molecule has 0 saturated heterocycles. The van der Waals surface area contributed by atoms with Gasteiger partial charge in [0.15, 0.2) is 0 Å². The molecule has 0 aliphatic rings. The molecule has 0 aromatic heterocycles. The van der Waals surface area contributed by atoms with Crippen molar-refractivity contribution in [2.45, 2.75) is 39.7 Å². The van der Waals surface area contributed by atoms with Gasteiger partial charge in [0, 0.05) is 17.2 Å². The maximum atomic E-state index is 15.0. The summed E-state index contributed by atoms with van der Waals surface area (Å²) in [5.74, 6) is -3.42. The average molecular weight is 478 g/mol. The van der Waals surface area contributed by atoms with Gasteiger partial charge >= 0.3 is 11.9 Å². The first-order valence-electron chi connectivity index (χ1n) is 11.3. The van der Waals surface area contributed by atoms with Gasteiger partial charge in [0.25, 0.3) is 5.78 Å². The number of carbonyl (C=O) groups is 3. The van der Waals surface area contributed by atoms with Gasteiger partial charge < -0.3 is 15.6 Å². The van der Waals surface area contributed by atoms with Crippen molar-refractivity contribution >= 4 is 17.7 Å². The summed E-state index contributed by atoms with van der Waals surface area (Å²) in [6, 6.07) is 14.8. The molecule has 0 saturated carbocycles.